The molecule has 10 heteroatoms. The van der Waals surface area contributed by atoms with Gasteiger partial charge in [-0.25, -0.2) is 13.8 Å². The van der Waals surface area contributed by atoms with Gasteiger partial charge in [-0.1, -0.05) is 0 Å². The second-order valence-corrected chi connectivity index (χ2v) is 8.77. The Kier molecular flexibility index (Phi) is 7.04. The molecule has 2 aliphatic rings. The number of nitrogens with zero attached hydrogens (tertiary/aromatic N) is 3. The van der Waals surface area contributed by atoms with E-state index < -0.39 is 17.5 Å². The number of amides is 3. The number of primary amides is 1. The summed E-state index contributed by atoms with van der Waals surface area (Å²) in [7, 11) is 0. The quantitative estimate of drug-likeness (QED) is 0.697. The molecule has 0 aliphatic carbocycles. The van der Waals surface area contributed by atoms with Gasteiger partial charge in [0.15, 0.2) is 0 Å². The number of nitrogens with two attached hydrogens (primary N) is 1. The van der Waals surface area contributed by atoms with Crippen molar-refractivity contribution in [1.82, 2.24) is 9.88 Å². The van der Waals surface area contributed by atoms with E-state index in [2.05, 4.69) is 10.3 Å². The minimum absolute atomic E-state index is 0.165. The van der Waals surface area contributed by atoms with E-state index in [1.165, 1.54) is 4.90 Å². The first-order valence-electron chi connectivity index (χ1n) is 11.4. The highest BCUT2D eigenvalue weighted by molar-refractivity contribution is 5.95. The number of halogens is 2. The van der Waals surface area contributed by atoms with E-state index in [0.29, 0.717) is 44.2 Å². The van der Waals surface area contributed by atoms with Crippen LogP contribution in [0.5, 0.6) is 0 Å². The molecule has 0 bridgehead atoms. The second kappa shape index (κ2) is 10.1. The van der Waals surface area contributed by atoms with Crippen LogP contribution >= 0.6 is 0 Å². The van der Waals surface area contributed by atoms with Gasteiger partial charge in [0.1, 0.15) is 17.5 Å². The lowest BCUT2D eigenvalue weighted by Gasteiger charge is -2.32. The summed E-state index contributed by atoms with van der Waals surface area (Å²) < 4.78 is 27.0. The lowest BCUT2D eigenvalue weighted by atomic mass is 9.95. The number of pyridine rings is 1. The van der Waals surface area contributed by atoms with Crippen LogP contribution in [0.4, 0.5) is 20.3 Å². The first-order valence-corrected chi connectivity index (χ1v) is 11.4. The van der Waals surface area contributed by atoms with E-state index in [1.54, 1.807) is 18.3 Å². The Bertz CT molecular complexity index is 1070. The third-order valence-corrected chi connectivity index (χ3v) is 6.48. The highest BCUT2D eigenvalue weighted by atomic mass is 19.1. The normalized spacial score (nSPS) is 19.1. The van der Waals surface area contributed by atoms with Gasteiger partial charge in [0.25, 0.3) is 5.91 Å². The number of nitrogens with one attached hydrogen (secondary N) is 1. The van der Waals surface area contributed by atoms with Crippen LogP contribution in [0.2, 0.25) is 0 Å². The Labute approximate surface area is 196 Å². The molecule has 2 saturated heterocycles. The van der Waals surface area contributed by atoms with E-state index in [0.717, 1.165) is 37.3 Å². The van der Waals surface area contributed by atoms with Crippen molar-refractivity contribution >= 4 is 29.2 Å². The van der Waals surface area contributed by atoms with Gasteiger partial charge >= 0.3 is 0 Å². The van der Waals surface area contributed by atoms with E-state index in [9.17, 15) is 23.2 Å². The SMILES string of the molecule is NC(=O)C1CCCN(c2ccc(NC(=O)C3CCN(C(=O)c4ccc(F)cc4F)CC3)cn2)C1. The fourth-order valence-electron chi connectivity index (χ4n) is 4.49. The van der Waals surface area contributed by atoms with Gasteiger partial charge in [0, 0.05) is 38.2 Å². The molecular formula is C24H27F2N5O3. The Balaban J connectivity index is 1.29. The summed E-state index contributed by atoms with van der Waals surface area (Å²) >= 11 is 0. The van der Waals surface area contributed by atoms with Crippen molar-refractivity contribution < 1.29 is 23.2 Å². The zero-order chi connectivity index (χ0) is 24.2. The van der Waals surface area contributed by atoms with Gasteiger partial charge in [0.05, 0.1) is 23.4 Å². The van der Waals surface area contributed by atoms with Gasteiger partial charge in [-0.3, -0.25) is 14.4 Å². The third-order valence-electron chi connectivity index (χ3n) is 6.48. The molecular weight excluding hydrogens is 444 g/mol. The molecule has 0 radical (unpaired) electrons. The molecule has 1 aromatic heterocycles. The van der Waals surface area contributed by atoms with Gasteiger partial charge in [-0.2, -0.15) is 0 Å². The van der Waals surface area contributed by atoms with Crippen LogP contribution < -0.4 is 16.0 Å². The number of piperidine rings is 2. The van der Waals surface area contributed by atoms with Crippen molar-refractivity contribution in [3.8, 4) is 0 Å². The second-order valence-electron chi connectivity index (χ2n) is 8.77. The van der Waals surface area contributed by atoms with Gasteiger partial charge in [-0.15, -0.1) is 0 Å². The molecule has 3 heterocycles. The number of likely N-dealkylation sites (tertiary alicyclic amines) is 1. The summed E-state index contributed by atoms with van der Waals surface area (Å²) in [6.07, 6.45) is 4.10. The predicted octanol–water partition coefficient (Wildman–Crippen LogP) is 2.55. The van der Waals surface area contributed by atoms with Gasteiger partial charge in [-0.05, 0) is 49.9 Å². The van der Waals surface area contributed by atoms with Crippen LogP contribution in [-0.2, 0) is 9.59 Å². The lowest BCUT2D eigenvalue weighted by Crippen LogP contribution is -2.42. The maximum atomic E-state index is 13.9. The highest BCUT2D eigenvalue weighted by Gasteiger charge is 2.29. The molecule has 1 atom stereocenters. The zero-order valence-corrected chi connectivity index (χ0v) is 18.7. The molecule has 34 heavy (non-hydrogen) atoms. The van der Waals surface area contributed by atoms with Gasteiger partial charge in [0.2, 0.25) is 11.8 Å². The number of anilines is 2. The van der Waals surface area contributed by atoms with E-state index in [1.807, 2.05) is 4.90 Å². The Morgan fingerprint density at radius 3 is 2.41 bits per heavy atom. The smallest absolute Gasteiger partial charge is 0.256 e. The largest absolute Gasteiger partial charge is 0.369 e. The van der Waals surface area contributed by atoms with Crippen LogP contribution in [0.25, 0.3) is 0 Å². The highest BCUT2D eigenvalue weighted by Crippen LogP contribution is 2.24. The van der Waals surface area contributed by atoms with Crippen molar-refractivity contribution in [2.45, 2.75) is 25.7 Å². The molecule has 3 N–H and O–H groups in total. The Morgan fingerprint density at radius 2 is 1.76 bits per heavy atom. The molecule has 0 saturated carbocycles. The number of carbonyl (C=O) groups excluding carboxylic acids is 3. The molecule has 3 amide bonds. The van der Waals surface area contributed by atoms with Crippen molar-refractivity contribution in [1.29, 1.82) is 0 Å². The third kappa shape index (κ3) is 5.32. The van der Waals surface area contributed by atoms with Crippen molar-refractivity contribution in [2.24, 2.45) is 17.6 Å². The van der Waals surface area contributed by atoms with Gasteiger partial charge < -0.3 is 20.9 Å². The summed E-state index contributed by atoms with van der Waals surface area (Å²) in [5.41, 5.74) is 5.82. The molecule has 1 unspecified atom stereocenters. The van der Waals surface area contributed by atoms with Crippen molar-refractivity contribution in [3.63, 3.8) is 0 Å². The van der Waals surface area contributed by atoms with E-state index >= 15 is 0 Å². The first-order chi connectivity index (χ1) is 16.3. The van der Waals surface area contributed by atoms with E-state index in [4.69, 9.17) is 5.73 Å². The number of benzene rings is 1. The van der Waals surface area contributed by atoms with E-state index in [-0.39, 0.29) is 29.2 Å². The molecule has 4 rings (SSSR count). The minimum atomic E-state index is -0.893. The zero-order valence-electron chi connectivity index (χ0n) is 18.7. The number of aromatic nitrogens is 1. The van der Waals surface area contributed by atoms with Crippen LogP contribution in [0.1, 0.15) is 36.0 Å². The summed E-state index contributed by atoms with van der Waals surface area (Å²) in [6, 6.07) is 6.45. The average molecular weight is 472 g/mol. The number of carbonyl (C=O) groups is 3. The summed E-state index contributed by atoms with van der Waals surface area (Å²) in [5.74, 6) is -2.36. The molecule has 2 fully saturated rings. The fourth-order valence-corrected chi connectivity index (χ4v) is 4.49. The van der Waals surface area contributed by atoms with Crippen LogP contribution in [0, 0.1) is 23.5 Å². The molecule has 2 aliphatic heterocycles. The molecule has 8 nitrogen and oxygen atoms in total. The lowest BCUT2D eigenvalue weighted by molar-refractivity contribution is -0.122. The van der Waals surface area contributed by atoms with Crippen LogP contribution in [-0.4, -0.2) is 53.8 Å². The average Bonchev–Trinajstić information content (AvgIpc) is 2.84. The van der Waals surface area contributed by atoms with Crippen LogP contribution in [0.15, 0.2) is 36.5 Å². The first kappa shape index (κ1) is 23.6. The fraction of sp³-hybridized carbons (Fsp3) is 0.417. The maximum Gasteiger partial charge on any atom is 0.256 e. The van der Waals surface area contributed by atoms with Crippen LogP contribution in [0.3, 0.4) is 0 Å². The molecule has 180 valence electrons. The monoisotopic (exact) mass is 471 g/mol. The molecule has 1 aromatic carbocycles. The number of rotatable bonds is 5. The summed E-state index contributed by atoms with van der Waals surface area (Å²) in [6.45, 7) is 1.94. The molecule has 2 aromatic rings. The summed E-state index contributed by atoms with van der Waals surface area (Å²) in [5, 5.41) is 2.86. The Morgan fingerprint density at radius 1 is 1.00 bits per heavy atom. The standard InChI is InChI=1S/C24H27F2N5O3/c25-17-3-5-19(20(26)12-17)24(34)30-10-7-15(8-11-30)23(33)29-18-4-6-21(28-13-18)31-9-1-2-16(14-31)22(27)32/h3-6,12-13,15-16H,1-2,7-11,14H2,(H2,27,32)(H,29,33). The minimum Gasteiger partial charge on any atom is -0.369 e. The summed E-state index contributed by atoms with van der Waals surface area (Å²) in [4.78, 5) is 44.7. The molecule has 0 spiro atoms. The number of hydrogen-bond acceptors (Lipinski definition) is 5. The maximum absolute atomic E-state index is 13.9. The topological polar surface area (TPSA) is 109 Å². The number of hydrogen-bond donors (Lipinski definition) is 2. The Hall–Kier alpha value is -3.56. The van der Waals surface area contributed by atoms with Crippen molar-refractivity contribution in [2.75, 3.05) is 36.4 Å². The van der Waals surface area contributed by atoms with Crippen molar-refractivity contribution in [3.05, 3.63) is 53.7 Å². The predicted molar refractivity (Wildman–Crippen MR) is 122 cm³/mol.